The van der Waals surface area contributed by atoms with Crippen molar-refractivity contribution in [3.63, 3.8) is 0 Å². The molecule has 0 heterocycles. The molecule has 0 saturated carbocycles. The van der Waals surface area contributed by atoms with Gasteiger partial charge in [0.25, 0.3) is 5.91 Å². The van der Waals surface area contributed by atoms with Crippen molar-refractivity contribution in [3.05, 3.63) is 29.3 Å². The molecule has 104 valence electrons. The molecule has 1 rings (SSSR count). The maximum Gasteiger partial charge on any atom is 0.251 e. The predicted octanol–water partition coefficient (Wildman–Crippen LogP) is -0.459. The van der Waals surface area contributed by atoms with Gasteiger partial charge in [-0.1, -0.05) is 0 Å². The van der Waals surface area contributed by atoms with E-state index in [-0.39, 0.29) is 16.8 Å². The lowest BCUT2D eigenvalue weighted by Gasteiger charge is -2.18. The van der Waals surface area contributed by atoms with Gasteiger partial charge >= 0.3 is 0 Å². The van der Waals surface area contributed by atoms with Crippen LogP contribution in [-0.2, 0) is 10.0 Å². The maximum absolute atomic E-state index is 11.6. The van der Waals surface area contributed by atoms with Gasteiger partial charge in [0.2, 0.25) is 15.9 Å². The summed E-state index contributed by atoms with van der Waals surface area (Å²) in [6.07, 6.45) is 1.02. The van der Waals surface area contributed by atoms with E-state index in [0.717, 1.165) is 10.6 Å². The maximum atomic E-state index is 11.6. The first-order valence-electron chi connectivity index (χ1n) is 5.27. The van der Waals surface area contributed by atoms with E-state index >= 15 is 0 Å². The van der Waals surface area contributed by atoms with Gasteiger partial charge in [-0.3, -0.25) is 13.9 Å². The Morgan fingerprint density at radius 1 is 1.21 bits per heavy atom. The van der Waals surface area contributed by atoms with Crippen LogP contribution in [0.4, 0.5) is 5.69 Å². The average molecular weight is 285 g/mol. The molecule has 0 aliphatic rings. The SMILES string of the molecule is CNC(=O)c1cc(C(N)=O)cc(N(C)S(C)(=O)=O)c1. The summed E-state index contributed by atoms with van der Waals surface area (Å²) in [5.74, 6) is -1.18. The number of rotatable bonds is 4. The van der Waals surface area contributed by atoms with Crippen molar-refractivity contribution in [1.82, 2.24) is 5.32 Å². The summed E-state index contributed by atoms with van der Waals surface area (Å²) in [6.45, 7) is 0. The average Bonchev–Trinajstić information content (AvgIpc) is 2.35. The first-order chi connectivity index (χ1) is 8.66. The second-order valence-electron chi connectivity index (χ2n) is 3.94. The summed E-state index contributed by atoms with van der Waals surface area (Å²) in [6, 6.07) is 3.99. The molecule has 0 unspecified atom stereocenters. The minimum atomic E-state index is -3.50. The number of benzene rings is 1. The molecule has 0 atom stereocenters. The van der Waals surface area contributed by atoms with E-state index in [0.29, 0.717) is 0 Å². The first kappa shape index (κ1) is 15.0. The lowest BCUT2D eigenvalue weighted by atomic mass is 10.1. The van der Waals surface area contributed by atoms with Crippen LogP contribution in [0.25, 0.3) is 0 Å². The number of carbonyl (C=O) groups excluding carboxylic acids is 2. The number of anilines is 1. The quantitative estimate of drug-likeness (QED) is 0.780. The summed E-state index contributed by atoms with van der Waals surface area (Å²) in [5, 5.41) is 2.39. The summed E-state index contributed by atoms with van der Waals surface area (Å²) in [7, 11) is -0.746. The molecule has 19 heavy (non-hydrogen) atoms. The Morgan fingerprint density at radius 2 is 1.74 bits per heavy atom. The normalized spacial score (nSPS) is 10.9. The van der Waals surface area contributed by atoms with Crippen LogP contribution in [-0.4, -0.2) is 40.6 Å². The Balaban J connectivity index is 3.44. The fourth-order valence-corrected chi connectivity index (χ4v) is 1.89. The Morgan fingerprint density at radius 3 is 2.16 bits per heavy atom. The molecule has 8 heteroatoms. The molecule has 0 saturated heterocycles. The fourth-order valence-electron chi connectivity index (χ4n) is 1.40. The molecule has 0 bridgehead atoms. The molecule has 0 aliphatic heterocycles. The van der Waals surface area contributed by atoms with Crippen LogP contribution in [0.5, 0.6) is 0 Å². The monoisotopic (exact) mass is 285 g/mol. The van der Waals surface area contributed by atoms with Crippen LogP contribution in [0, 0.1) is 0 Å². The van der Waals surface area contributed by atoms with Gasteiger partial charge in [0.05, 0.1) is 11.9 Å². The molecule has 0 radical (unpaired) electrons. The van der Waals surface area contributed by atoms with Crippen LogP contribution < -0.4 is 15.4 Å². The fraction of sp³-hybridized carbons (Fsp3) is 0.273. The molecule has 2 amide bonds. The zero-order valence-electron chi connectivity index (χ0n) is 10.8. The molecule has 0 aliphatic carbocycles. The second-order valence-corrected chi connectivity index (χ2v) is 5.96. The van der Waals surface area contributed by atoms with Crippen molar-refractivity contribution in [3.8, 4) is 0 Å². The minimum absolute atomic E-state index is 0.0617. The number of nitrogens with zero attached hydrogens (tertiary/aromatic N) is 1. The summed E-state index contributed by atoms with van der Waals surface area (Å²) >= 11 is 0. The van der Waals surface area contributed by atoms with Gasteiger partial charge in [-0.25, -0.2) is 8.42 Å². The van der Waals surface area contributed by atoms with E-state index in [2.05, 4.69) is 5.32 Å². The molecular weight excluding hydrogens is 270 g/mol. The van der Waals surface area contributed by atoms with Crippen molar-refractivity contribution in [2.75, 3.05) is 24.7 Å². The van der Waals surface area contributed by atoms with Crippen molar-refractivity contribution >= 4 is 27.5 Å². The van der Waals surface area contributed by atoms with Crippen molar-refractivity contribution in [1.29, 1.82) is 0 Å². The van der Waals surface area contributed by atoms with E-state index < -0.39 is 21.8 Å². The predicted molar refractivity (Wildman–Crippen MR) is 71.6 cm³/mol. The topological polar surface area (TPSA) is 110 Å². The van der Waals surface area contributed by atoms with Crippen LogP contribution >= 0.6 is 0 Å². The minimum Gasteiger partial charge on any atom is -0.366 e. The molecule has 0 spiro atoms. The largest absolute Gasteiger partial charge is 0.366 e. The molecule has 0 fully saturated rings. The van der Waals surface area contributed by atoms with Crippen LogP contribution in [0.1, 0.15) is 20.7 Å². The molecule has 7 nitrogen and oxygen atoms in total. The van der Waals surface area contributed by atoms with Gasteiger partial charge in [0, 0.05) is 25.2 Å². The van der Waals surface area contributed by atoms with Gasteiger partial charge in [-0.05, 0) is 18.2 Å². The summed E-state index contributed by atoms with van der Waals surface area (Å²) in [4.78, 5) is 22.8. The molecule has 1 aromatic carbocycles. The third-order valence-corrected chi connectivity index (χ3v) is 3.76. The van der Waals surface area contributed by atoms with E-state index in [1.54, 1.807) is 0 Å². The Hall–Kier alpha value is -2.09. The third kappa shape index (κ3) is 3.44. The van der Waals surface area contributed by atoms with E-state index in [1.807, 2.05) is 0 Å². The number of nitrogens with two attached hydrogens (primary N) is 1. The number of hydrogen-bond acceptors (Lipinski definition) is 4. The molecule has 3 N–H and O–H groups in total. The Labute approximate surface area is 111 Å². The van der Waals surface area contributed by atoms with Crippen LogP contribution in [0.2, 0.25) is 0 Å². The molecular formula is C11H15N3O4S. The van der Waals surface area contributed by atoms with E-state index in [1.165, 1.54) is 32.3 Å². The van der Waals surface area contributed by atoms with Crippen LogP contribution in [0.15, 0.2) is 18.2 Å². The second kappa shape index (κ2) is 5.27. The lowest BCUT2D eigenvalue weighted by molar-refractivity contribution is 0.0963. The summed E-state index contributed by atoms with van der Waals surface area (Å²) in [5.41, 5.74) is 5.57. The highest BCUT2D eigenvalue weighted by atomic mass is 32.2. The first-order valence-corrected chi connectivity index (χ1v) is 7.12. The van der Waals surface area contributed by atoms with Gasteiger partial charge in [0.1, 0.15) is 0 Å². The van der Waals surface area contributed by atoms with E-state index in [9.17, 15) is 18.0 Å². The number of sulfonamides is 1. The Bertz CT molecular complexity index is 625. The van der Waals surface area contributed by atoms with Gasteiger partial charge in [-0.15, -0.1) is 0 Å². The number of hydrogen-bond donors (Lipinski definition) is 2. The lowest BCUT2D eigenvalue weighted by Crippen LogP contribution is -2.26. The van der Waals surface area contributed by atoms with Crippen molar-refractivity contribution in [2.24, 2.45) is 5.73 Å². The zero-order chi connectivity index (χ0) is 14.8. The highest BCUT2D eigenvalue weighted by Crippen LogP contribution is 2.20. The van der Waals surface area contributed by atoms with Crippen LogP contribution in [0.3, 0.4) is 0 Å². The standard InChI is InChI=1S/C11H15N3O4S/c1-13-11(16)8-4-7(10(12)15)5-9(6-8)14(2)19(3,17)18/h4-6H,1-3H3,(H2,12,15)(H,13,16). The highest BCUT2D eigenvalue weighted by Gasteiger charge is 2.17. The van der Waals surface area contributed by atoms with Crippen molar-refractivity contribution in [2.45, 2.75) is 0 Å². The van der Waals surface area contributed by atoms with Crippen molar-refractivity contribution < 1.29 is 18.0 Å². The molecule has 0 aromatic heterocycles. The smallest absolute Gasteiger partial charge is 0.251 e. The summed E-state index contributed by atoms with van der Waals surface area (Å²) < 4.78 is 23.9. The van der Waals surface area contributed by atoms with Gasteiger partial charge in [0.15, 0.2) is 0 Å². The Kier molecular flexibility index (Phi) is 4.15. The number of nitrogens with one attached hydrogen (secondary N) is 1. The van der Waals surface area contributed by atoms with E-state index in [4.69, 9.17) is 5.73 Å². The number of amides is 2. The number of primary amides is 1. The zero-order valence-corrected chi connectivity index (χ0v) is 11.6. The number of carbonyl (C=O) groups is 2. The van der Waals surface area contributed by atoms with Gasteiger partial charge in [-0.2, -0.15) is 0 Å². The third-order valence-electron chi connectivity index (χ3n) is 2.55. The highest BCUT2D eigenvalue weighted by molar-refractivity contribution is 7.92. The molecule has 1 aromatic rings. The van der Waals surface area contributed by atoms with Gasteiger partial charge < -0.3 is 11.1 Å².